The lowest BCUT2D eigenvalue weighted by Gasteiger charge is -2.36. The molecule has 7 heteroatoms. The summed E-state index contributed by atoms with van der Waals surface area (Å²) in [7, 11) is -4.03. The molecule has 0 amide bonds. The topological polar surface area (TPSA) is 81.1 Å². The van der Waals surface area contributed by atoms with E-state index < -0.39 is 10.3 Å². The fraction of sp³-hybridized carbons (Fsp3) is 1.00. The van der Waals surface area contributed by atoms with Crippen molar-refractivity contribution in [3.8, 4) is 0 Å². The third-order valence-corrected chi connectivity index (χ3v) is 3.79. The molecule has 0 aromatic heterocycles. The first-order chi connectivity index (χ1) is 6.95. The van der Waals surface area contributed by atoms with Crippen molar-refractivity contribution in [3.05, 3.63) is 0 Å². The standard InChI is InChI=1S/C8H18N2O4S/c1-8(2-7-11)9-3-5-10(6-4-9)15(12,13)14/h8,11H,2-7H2,1H3,(H,12,13,14). The summed E-state index contributed by atoms with van der Waals surface area (Å²) in [6.45, 7) is 3.96. The van der Waals surface area contributed by atoms with Gasteiger partial charge in [-0.25, -0.2) is 0 Å². The minimum atomic E-state index is -4.03. The molecule has 1 atom stereocenters. The third-order valence-electron chi connectivity index (χ3n) is 2.77. The van der Waals surface area contributed by atoms with Gasteiger partial charge in [-0.1, -0.05) is 0 Å². The van der Waals surface area contributed by atoms with Gasteiger partial charge >= 0.3 is 10.3 Å². The van der Waals surface area contributed by atoms with E-state index in [2.05, 4.69) is 4.90 Å². The van der Waals surface area contributed by atoms with Crippen molar-refractivity contribution < 1.29 is 18.1 Å². The second kappa shape index (κ2) is 5.22. The summed E-state index contributed by atoms with van der Waals surface area (Å²) in [5, 5.41) is 8.78. The van der Waals surface area contributed by atoms with E-state index in [1.807, 2.05) is 6.92 Å². The molecule has 0 aromatic rings. The number of rotatable bonds is 4. The van der Waals surface area contributed by atoms with Gasteiger partial charge in [0.25, 0.3) is 0 Å². The number of hydrogen-bond acceptors (Lipinski definition) is 4. The van der Waals surface area contributed by atoms with Gasteiger partial charge in [0.15, 0.2) is 0 Å². The van der Waals surface area contributed by atoms with E-state index in [0.717, 1.165) is 4.31 Å². The van der Waals surface area contributed by atoms with Gasteiger partial charge in [0.2, 0.25) is 0 Å². The molecule has 0 aliphatic carbocycles. The van der Waals surface area contributed by atoms with Crippen LogP contribution in [0.15, 0.2) is 0 Å². The van der Waals surface area contributed by atoms with Crippen molar-refractivity contribution in [2.24, 2.45) is 0 Å². The lowest BCUT2D eigenvalue weighted by molar-refractivity contribution is 0.120. The lowest BCUT2D eigenvalue weighted by Crippen LogP contribution is -2.51. The van der Waals surface area contributed by atoms with Gasteiger partial charge in [0.1, 0.15) is 0 Å². The van der Waals surface area contributed by atoms with Gasteiger partial charge in [-0.3, -0.25) is 9.45 Å². The molecule has 6 nitrogen and oxygen atoms in total. The van der Waals surface area contributed by atoms with Crippen LogP contribution in [0.2, 0.25) is 0 Å². The van der Waals surface area contributed by atoms with E-state index in [4.69, 9.17) is 9.66 Å². The van der Waals surface area contributed by atoms with Crippen molar-refractivity contribution in [2.45, 2.75) is 19.4 Å². The van der Waals surface area contributed by atoms with E-state index in [0.29, 0.717) is 32.6 Å². The Balaban J connectivity index is 2.42. The molecule has 1 unspecified atom stereocenters. The molecule has 1 aliphatic heterocycles. The zero-order valence-electron chi connectivity index (χ0n) is 8.83. The highest BCUT2D eigenvalue weighted by Crippen LogP contribution is 2.10. The van der Waals surface area contributed by atoms with Crippen molar-refractivity contribution >= 4 is 10.3 Å². The molecular formula is C8H18N2O4S. The maximum absolute atomic E-state index is 10.8. The minimum Gasteiger partial charge on any atom is -0.396 e. The Morgan fingerprint density at radius 3 is 2.20 bits per heavy atom. The van der Waals surface area contributed by atoms with Gasteiger partial charge in [-0.05, 0) is 13.3 Å². The smallest absolute Gasteiger partial charge is 0.335 e. The molecule has 0 radical (unpaired) electrons. The first-order valence-corrected chi connectivity index (χ1v) is 6.42. The molecule has 1 aliphatic rings. The highest BCUT2D eigenvalue weighted by atomic mass is 32.2. The zero-order valence-corrected chi connectivity index (χ0v) is 9.65. The van der Waals surface area contributed by atoms with E-state index in [1.165, 1.54) is 0 Å². The van der Waals surface area contributed by atoms with E-state index >= 15 is 0 Å². The highest BCUT2D eigenvalue weighted by Gasteiger charge is 2.26. The molecule has 1 rings (SSSR count). The zero-order chi connectivity index (χ0) is 11.5. The first-order valence-electron chi connectivity index (χ1n) is 5.02. The Kier molecular flexibility index (Phi) is 4.47. The van der Waals surface area contributed by atoms with Gasteiger partial charge < -0.3 is 5.11 Å². The molecule has 0 bridgehead atoms. The van der Waals surface area contributed by atoms with Crippen molar-refractivity contribution in [2.75, 3.05) is 32.8 Å². The van der Waals surface area contributed by atoms with E-state index in [9.17, 15) is 8.42 Å². The second-order valence-corrected chi connectivity index (χ2v) is 5.19. The van der Waals surface area contributed by atoms with Crippen LogP contribution in [-0.2, 0) is 10.3 Å². The van der Waals surface area contributed by atoms with Crippen LogP contribution < -0.4 is 0 Å². The van der Waals surface area contributed by atoms with E-state index in [1.54, 1.807) is 0 Å². The predicted octanol–water partition coefficient (Wildman–Crippen LogP) is -0.822. The number of hydrogen-bond donors (Lipinski definition) is 2. The number of piperazine rings is 1. The number of aliphatic hydroxyl groups is 1. The Hall–Kier alpha value is -0.210. The second-order valence-electron chi connectivity index (χ2n) is 3.77. The molecule has 2 N–H and O–H groups in total. The Labute approximate surface area is 90.4 Å². The molecule has 0 aromatic carbocycles. The van der Waals surface area contributed by atoms with Crippen LogP contribution in [0.5, 0.6) is 0 Å². The molecule has 1 saturated heterocycles. The summed E-state index contributed by atoms with van der Waals surface area (Å²) >= 11 is 0. The van der Waals surface area contributed by atoms with Crippen LogP contribution in [0.3, 0.4) is 0 Å². The Bertz CT molecular complexity index is 285. The van der Waals surface area contributed by atoms with Crippen LogP contribution in [0.4, 0.5) is 0 Å². The van der Waals surface area contributed by atoms with Gasteiger partial charge in [0.05, 0.1) is 0 Å². The summed E-state index contributed by atoms with van der Waals surface area (Å²) in [5.41, 5.74) is 0. The van der Waals surface area contributed by atoms with Gasteiger partial charge in [-0.2, -0.15) is 12.7 Å². The summed E-state index contributed by atoms with van der Waals surface area (Å²) in [4.78, 5) is 2.11. The maximum atomic E-state index is 10.8. The van der Waals surface area contributed by atoms with Crippen molar-refractivity contribution in [1.82, 2.24) is 9.21 Å². The normalized spacial score (nSPS) is 22.9. The fourth-order valence-electron chi connectivity index (χ4n) is 1.74. The van der Waals surface area contributed by atoms with Crippen LogP contribution in [0.25, 0.3) is 0 Å². The first kappa shape index (κ1) is 12.9. The van der Waals surface area contributed by atoms with Crippen LogP contribution in [0, 0.1) is 0 Å². The van der Waals surface area contributed by atoms with E-state index in [-0.39, 0.29) is 12.6 Å². The average Bonchev–Trinajstić information content (AvgIpc) is 2.17. The molecule has 90 valence electrons. The van der Waals surface area contributed by atoms with Crippen molar-refractivity contribution in [1.29, 1.82) is 0 Å². The number of nitrogens with zero attached hydrogens (tertiary/aromatic N) is 2. The molecule has 0 spiro atoms. The van der Waals surface area contributed by atoms with Crippen LogP contribution in [-0.4, -0.2) is 66.1 Å². The largest absolute Gasteiger partial charge is 0.396 e. The molecule has 1 fully saturated rings. The lowest BCUT2D eigenvalue weighted by atomic mass is 10.2. The summed E-state index contributed by atoms with van der Waals surface area (Å²) in [6, 6.07) is 0.249. The predicted molar refractivity (Wildman–Crippen MR) is 55.9 cm³/mol. The summed E-state index contributed by atoms with van der Waals surface area (Å²) in [5.74, 6) is 0. The molecule has 0 saturated carbocycles. The van der Waals surface area contributed by atoms with Crippen LogP contribution in [0.1, 0.15) is 13.3 Å². The quantitative estimate of drug-likeness (QED) is 0.625. The monoisotopic (exact) mass is 238 g/mol. The van der Waals surface area contributed by atoms with Gasteiger partial charge in [0, 0.05) is 38.8 Å². The molecular weight excluding hydrogens is 220 g/mol. The SMILES string of the molecule is CC(CCO)N1CCN(S(=O)(=O)O)CC1. The van der Waals surface area contributed by atoms with Crippen molar-refractivity contribution in [3.63, 3.8) is 0 Å². The fourth-order valence-corrected chi connectivity index (χ4v) is 2.37. The average molecular weight is 238 g/mol. The summed E-state index contributed by atoms with van der Waals surface area (Å²) in [6.07, 6.45) is 0.686. The van der Waals surface area contributed by atoms with Gasteiger partial charge in [-0.15, -0.1) is 0 Å². The number of aliphatic hydroxyl groups excluding tert-OH is 1. The maximum Gasteiger partial charge on any atom is 0.335 e. The minimum absolute atomic E-state index is 0.139. The van der Waals surface area contributed by atoms with Crippen LogP contribution >= 0.6 is 0 Å². The Morgan fingerprint density at radius 2 is 1.80 bits per heavy atom. The molecule has 15 heavy (non-hydrogen) atoms. The third kappa shape index (κ3) is 3.69. The summed E-state index contributed by atoms with van der Waals surface area (Å²) < 4.78 is 31.5. The molecule has 1 heterocycles. The Morgan fingerprint density at radius 1 is 1.27 bits per heavy atom. The highest BCUT2D eigenvalue weighted by molar-refractivity contribution is 7.83.